The van der Waals surface area contributed by atoms with Gasteiger partial charge in [0.25, 0.3) is 0 Å². The number of aromatic nitrogens is 3. The Morgan fingerprint density at radius 3 is 3.00 bits per heavy atom. The molecule has 0 aliphatic carbocycles. The Morgan fingerprint density at radius 2 is 2.47 bits per heavy atom. The highest BCUT2D eigenvalue weighted by Crippen LogP contribution is 2.10. The molecule has 78 valence electrons. The van der Waals surface area contributed by atoms with Gasteiger partial charge in [0.15, 0.2) is 0 Å². The smallest absolute Gasteiger partial charge is 0.365 e. The van der Waals surface area contributed by atoms with Crippen molar-refractivity contribution < 1.29 is 9.90 Å². The van der Waals surface area contributed by atoms with Crippen molar-refractivity contribution in [1.29, 1.82) is 0 Å². The molecular weight excluding hydrogens is 214 g/mol. The van der Waals surface area contributed by atoms with Gasteiger partial charge < -0.3 is 5.11 Å². The van der Waals surface area contributed by atoms with Crippen molar-refractivity contribution in [3.8, 4) is 0 Å². The summed E-state index contributed by atoms with van der Waals surface area (Å²) in [7, 11) is 0. The van der Waals surface area contributed by atoms with Crippen molar-refractivity contribution >= 4 is 17.3 Å². The third-order valence-corrected chi connectivity index (χ3v) is 2.71. The summed E-state index contributed by atoms with van der Waals surface area (Å²) >= 11 is 1.13. The van der Waals surface area contributed by atoms with Crippen LogP contribution in [0.4, 0.5) is 0 Å². The van der Waals surface area contributed by atoms with Gasteiger partial charge in [-0.2, -0.15) is 5.10 Å². The number of thiazole rings is 1. The van der Waals surface area contributed by atoms with Gasteiger partial charge in [0.2, 0.25) is 5.01 Å². The third-order valence-electron chi connectivity index (χ3n) is 1.83. The number of carboxylic acids is 1. The van der Waals surface area contributed by atoms with Crippen molar-refractivity contribution in [3.63, 3.8) is 0 Å². The zero-order valence-electron chi connectivity index (χ0n) is 8.04. The van der Waals surface area contributed by atoms with E-state index in [1.807, 2.05) is 19.2 Å². The number of rotatable bonds is 3. The normalized spacial score (nSPS) is 10.5. The van der Waals surface area contributed by atoms with Crippen LogP contribution in [-0.4, -0.2) is 25.8 Å². The maximum Gasteiger partial charge on any atom is 0.365 e. The van der Waals surface area contributed by atoms with Crippen molar-refractivity contribution in [1.82, 2.24) is 14.8 Å². The Bertz CT molecular complexity index is 489. The van der Waals surface area contributed by atoms with E-state index >= 15 is 0 Å². The number of carboxylic acid groups (broad SMARTS) is 1. The summed E-state index contributed by atoms with van der Waals surface area (Å²) in [6.07, 6.45) is 1.84. The first-order valence-electron chi connectivity index (χ1n) is 4.33. The van der Waals surface area contributed by atoms with E-state index in [1.54, 1.807) is 10.1 Å². The molecule has 0 aliphatic heterocycles. The molecule has 1 N–H and O–H groups in total. The minimum absolute atomic E-state index is 0.119. The topological polar surface area (TPSA) is 68.0 Å². The van der Waals surface area contributed by atoms with Crippen molar-refractivity contribution in [2.24, 2.45) is 0 Å². The van der Waals surface area contributed by atoms with Crippen molar-refractivity contribution in [2.75, 3.05) is 0 Å². The van der Waals surface area contributed by atoms with Gasteiger partial charge in [-0.25, -0.2) is 9.78 Å². The van der Waals surface area contributed by atoms with Crippen LogP contribution in [0.3, 0.4) is 0 Å². The Balaban J connectivity index is 2.14. The van der Waals surface area contributed by atoms with Gasteiger partial charge in [0.1, 0.15) is 0 Å². The molecule has 0 spiro atoms. The van der Waals surface area contributed by atoms with Crippen LogP contribution in [-0.2, 0) is 6.54 Å². The summed E-state index contributed by atoms with van der Waals surface area (Å²) < 4.78 is 1.73. The van der Waals surface area contributed by atoms with E-state index < -0.39 is 5.97 Å². The summed E-state index contributed by atoms with van der Waals surface area (Å²) in [4.78, 5) is 14.6. The van der Waals surface area contributed by atoms with E-state index in [0.717, 1.165) is 22.7 Å². The number of aromatic carboxylic acids is 1. The molecular formula is C9H9N3O2S. The van der Waals surface area contributed by atoms with Crippen LogP contribution < -0.4 is 0 Å². The Morgan fingerprint density at radius 1 is 1.67 bits per heavy atom. The standard InChI is InChI=1S/C9H9N3O2S/c1-6-2-3-12(11-6)4-7-5-15-8(10-7)9(13)14/h2-3,5H,4H2,1H3,(H,13,14). The molecule has 0 fully saturated rings. The second-order valence-corrected chi connectivity index (χ2v) is 3.96. The van der Waals surface area contributed by atoms with Gasteiger partial charge in [0.05, 0.1) is 17.9 Å². The number of carbonyl (C=O) groups is 1. The summed E-state index contributed by atoms with van der Waals surface area (Å²) in [5.74, 6) is -0.983. The number of hydrogen-bond acceptors (Lipinski definition) is 4. The van der Waals surface area contributed by atoms with E-state index in [0.29, 0.717) is 6.54 Å². The minimum atomic E-state index is -0.983. The van der Waals surface area contributed by atoms with Gasteiger partial charge in [-0.15, -0.1) is 11.3 Å². The van der Waals surface area contributed by atoms with Gasteiger partial charge in [-0.05, 0) is 13.0 Å². The van der Waals surface area contributed by atoms with E-state index in [-0.39, 0.29) is 5.01 Å². The minimum Gasteiger partial charge on any atom is -0.476 e. The Kier molecular flexibility index (Phi) is 2.51. The molecule has 2 aromatic rings. The van der Waals surface area contributed by atoms with Crippen molar-refractivity contribution in [2.45, 2.75) is 13.5 Å². The number of hydrogen-bond donors (Lipinski definition) is 1. The van der Waals surface area contributed by atoms with Crippen molar-refractivity contribution in [3.05, 3.63) is 34.0 Å². The molecule has 5 nitrogen and oxygen atoms in total. The lowest BCUT2D eigenvalue weighted by Crippen LogP contribution is -2.02. The molecule has 0 unspecified atom stereocenters. The van der Waals surface area contributed by atoms with Gasteiger partial charge in [-0.3, -0.25) is 4.68 Å². The highest BCUT2D eigenvalue weighted by molar-refractivity contribution is 7.11. The molecule has 0 radical (unpaired) electrons. The van der Waals surface area contributed by atoms with Crippen LogP contribution in [0.15, 0.2) is 17.6 Å². The molecule has 0 saturated heterocycles. The summed E-state index contributed by atoms with van der Waals surface area (Å²) in [5, 5.41) is 14.7. The van der Waals surface area contributed by atoms with Crippen LogP contribution in [0.5, 0.6) is 0 Å². The van der Waals surface area contributed by atoms with Gasteiger partial charge in [0, 0.05) is 11.6 Å². The lowest BCUT2D eigenvalue weighted by Gasteiger charge is -1.96. The molecule has 2 aromatic heterocycles. The second-order valence-electron chi connectivity index (χ2n) is 3.10. The summed E-state index contributed by atoms with van der Waals surface area (Å²) in [5.41, 5.74) is 1.66. The monoisotopic (exact) mass is 223 g/mol. The molecule has 0 bridgehead atoms. The predicted octanol–water partition coefficient (Wildman–Crippen LogP) is 1.39. The summed E-state index contributed by atoms with van der Waals surface area (Å²) in [6.45, 7) is 2.41. The molecule has 0 saturated carbocycles. The zero-order valence-corrected chi connectivity index (χ0v) is 8.86. The third kappa shape index (κ3) is 2.21. The maximum absolute atomic E-state index is 10.6. The molecule has 0 aliphatic rings. The largest absolute Gasteiger partial charge is 0.476 e. The maximum atomic E-state index is 10.6. The Labute approximate surface area is 90.0 Å². The first-order chi connectivity index (χ1) is 7.15. The molecule has 0 aromatic carbocycles. The average Bonchev–Trinajstić information content (AvgIpc) is 2.76. The lowest BCUT2D eigenvalue weighted by molar-refractivity contribution is 0.0696. The predicted molar refractivity (Wildman–Crippen MR) is 55.1 cm³/mol. The fourth-order valence-electron chi connectivity index (χ4n) is 1.20. The highest BCUT2D eigenvalue weighted by atomic mass is 32.1. The van der Waals surface area contributed by atoms with Gasteiger partial charge in [-0.1, -0.05) is 0 Å². The molecule has 6 heteroatoms. The van der Waals surface area contributed by atoms with E-state index in [2.05, 4.69) is 10.1 Å². The SMILES string of the molecule is Cc1ccn(Cc2csc(C(=O)O)n2)n1. The zero-order chi connectivity index (χ0) is 10.8. The quantitative estimate of drug-likeness (QED) is 0.853. The number of nitrogens with zero attached hydrogens (tertiary/aromatic N) is 3. The first-order valence-corrected chi connectivity index (χ1v) is 5.21. The van der Waals surface area contributed by atoms with E-state index in [9.17, 15) is 4.79 Å². The lowest BCUT2D eigenvalue weighted by atomic mass is 10.5. The summed E-state index contributed by atoms with van der Waals surface area (Å²) in [6, 6.07) is 1.89. The van der Waals surface area contributed by atoms with Crippen LogP contribution >= 0.6 is 11.3 Å². The molecule has 0 amide bonds. The molecule has 0 atom stereocenters. The molecule has 2 rings (SSSR count). The fraction of sp³-hybridized carbons (Fsp3) is 0.222. The second kappa shape index (κ2) is 3.82. The average molecular weight is 223 g/mol. The van der Waals surface area contributed by atoms with Crippen LogP contribution in [0.25, 0.3) is 0 Å². The van der Waals surface area contributed by atoms with E-state index in [4.69, 9.17) is 5.11 Å². The Hall–Kier alpha value is -1.69. The first kappa shape index (κ1) is 9.85. The van der Waals surface area contributed by atoms with Crippen LogP contribution in [0, 0.1) is 6.92 Å². The van der Waals surface area contributed by atoms with Gasteiger partial charge >= 0.3 is 5.97 Å². The fourth-order valence-corrected chi connectivity index (χ4v) is 1.84. The molecule has 2 heterocycles. The van der Waals surface area contributed by atoms with E-state index in [1.165, 1.54) is 0 Å². The van der Waals surface area contributed by atoms with Crippen LogP contribution in [0.1, 0.15) is 21.2 Å². The number of aryl methyl sites for hydroxylation is 1. The highest BCUT2D eigenvalue weighted by Gasteiger charge is 2.09. The molecule has 15 heavy (non-hydrogen) atoms. The van der Waals surface area contributed by atoms with Crippen LogP contribution in [0.2, 0.25) is 0 Å².